The second kappa shape index (κ2) is 6.53. The highest BCUT2D eigenvalue weighted by molar-refractivity contribution is 8.00. The van der Waals surface area contributed by atoms with Crippen LogP contribution < -0.4 is 0 Å². The summed E-state index contributed by atoms with van der Waals surface area (Å²) in [4.78, 5) is 23.7. The lowest BCUT2D eigenvalue weighted by atomic mass is 9.97. The molecule has 6 heteroatoms. The SMILES string of the molecule is O=C(CSc1ncnc2sc3c(c12)CCCC3)c1ccc(O)cc1. The van der Waals surface area contributed by atoms with Crippen LogP contribution in [0.5, 0.6) is 5.75 Å². The Morgan fingerprint density at radius 1 is 1.17 bits per heavy atom. The number of ketones is 1. The minimum absolute atomic E-state index is 0.0378. The van der Waals surface area contributed by atoms with E-state index < -0.39 is 0 Å². The van der Waals surface area contributed by atoms with Crippen molar-refractivity contribution in [1.82, 2.24) is 9.97 Å². The second-order valence-corrected chi connectivity index (χ2v) is 7.88. The first-order chi connectivity index (χ1) is 11.7. The molecule has 0 atom stereocenters. The van der Waals surface area contributed by atoms with Crippen LogP contribution in [0.15, 0.2) is 35.6 Å². The second-order valence-electron chi connectivity index (χ2n) is 5.83. The van der Waals surface area contributed by atoms with Crippen molar-refractivity contribution >= 4 is 39.1 Å². The molecule has 0 fully saturated rings. The predicted octanol–water partition coefficient (Wildman–Crippen LogP) is 4.25. The molecular weight excluding hydrogens is 340 g/mol. The summed E-state index contributed by atoms with van der Waals surface area (Å²) < 4.78 is 0. The number of carbonyl (C=O) groups excluding carboxylic acids is 1. The number of fused-ring (bicyclic) bond motifs is 3. The molecule has 0 saturated carbocycles. The summed E-state index contributed by atoms with van der Waals surface area (Å²) in [5.41, 5.74) is 2.00. The highest BCUT2D eigenvalue weighted by Gasteiger charge is 2.20. The summed E-state index contributed by atoms with van der Waals surface area (Å²) in [7, 11) is 0. The number of aromatic hydroxyl groups is 1. The van der Waals surface area contributed by atoms with E-state index in [0.717, 1.165) is 28.1 Å². The van der Waals surface area contributed by atoms with Crippen molar-refractivity contribution in [2.75, 3.05) is 5.75 Å². The molecule has 0 saturated heterocycles. The van der Waals surface area contributed by atoms with Crippen LogP contribution in [0.25, 0.3) is 10.2 Å². The molecular formula is C18H16N2O2S2. The first-order valence-corrected chi connectivity index (χ1v) is 9.73. The average molecular weight is 356 g/mol. The molecule has 0 amide bonds. The van der Waals surface area contributed by atoms with Gasteiger partial charge in [-0.05, 0) is 55.5 Å². The number of hydrogen-bond donors (Lipinski definition) is 1. The van der Waals surface area contributed by atoms with Crippen molar-refractivity contribution in [3.63, 3.8) is 0 Å². The summed E-state index contributed by atoms with van der Waals surface area (Å²) in [5, 5.41) is 11.4. The molecule has 0 radical (unpaired) electrons. The Morgan fingerprint density at radius 2 is 1.96 bits per heavy atom. The van der Waals surface area contributed by atoms with Crippen molar-refractivity contribution in [2.24, 2.45) is 0 Å². The summed E-state index contributed by atoms with van der Waals surface area (Å²) in [6, 6.07) is 6.38. The van der Waals surface area contributed by atoms with Gasteiger partial charge in [0.15, 0.2) is 5.78 Å². The lowest BCUT2D eigenvalue weighted by Gasteiger charge is -2.11. The smallest absolute Gasteiger partial charge is 0.173 e. The number of Topliss-reactive ketones (excluding diaryl/α,β-unsaturated/α-hetero) is 1. The molecule has 2 heterocycles. The quantitative estimate of drug-likeness (QED) is 0.430. The maximum atomic E-state index is 12.3. The van der Waals surface area contributed by atoms with Crippen LogP contribution in [0.1, 0.15) is 33.6 Å². The van der Waals surface area contributed by atoms with Gasteiger partial charge in [0.2, 0.25) is 0 Å². The summed E-state index contributed by atoms with van der Waals surface area (Å²) in [6.07, 6.45) is 6.27. The number of thiophene rings is 1. The van der Waals surface area contributed by atoms with Gasteiger partial charge in [-0.2, -0.15) is 0 Å². The van der Waals surface area contributed by atoms with Gasteiger partial charge in [-0.25, -0.2) is 9.97 Å². The van der Waals surface area contributed by atoms with Crippen LogP contribution in [-0.2, 0) is 12.8 Å². The van der Waals surface area contributed by atoms with E-state index >= 15 is 0 Å². The molecule has 3 aromatic rings. The number of aryl methyl sites for hydroxylation is 2. The first-order valence-electron chi connectivity index (χ1n) is 7.92. The van der Waals surface area contributed by atoms with E-state index in [1.165, 1.54) is 47.2 Å². The Bertz CT molecular complexity index is 903. The van der Waals surface area contributed by atoms with Gasteiger partial charge in [0.05, 0.1) is 5.75 Å². The Hall–Kier alpha value is -1.92. The highest BCUT2D eigenvalue weighted by Crippen LogP contribution is 2.39. The third kappa shape index (κ3) is 2.91. The minimum atomic E-state index is 0.0378. The molecule has 4 nitrogen and oxygen atoms in total. The number of phenols is 1. The monoisotopic (exact) mass is 356 g/mol. The normalized spacial score (nSPS) is 13.8. The molecule has 1 aromatic carbocycles. The first kappa shape index (κ1) is 15.6. The fraction of sp³-hybridized carbons (Fsp3) is 0.278. The number of carbonyl (C=O) groups is 1. The van der Waals surface area contributed by atoms with Gasteiger partial charge in [-0.3, -0.25) is 4.79 Å². The maximum Gasteiger partial charge on any atom is 0.173 e. The van der Waals surface area contributed by atoms with Gasteiger partial charge >= 0.3 is 0 Å². The third-order valence-electron chi connectivity index (χ3n) is 4.25. The van der Waals surface area contributed by atoms with Crippen molar-refractivity contribution < 1.29 is 9.90 Å². The molecule has 2 aromatic heterocycles. The molecule has 1 N–H and O–H groups in total. The van der Waals surface area contributed by atoms with E-state index in [1.54, 1.807) is 29.8 Å². The molecule has 0 spiro atoms. The Balaban J connectivity index is 1.59. The van der Waals surface area contributed by atoms with Crippen LogP contribution in [-0.4, -0.2) is 26.6 Å². The van der Waals surface area contributed by atoms with Crippen molar-refractivity contribution in [3.8, 4) is 5.75 Å². The molecule has 1 aliphatic carbocycles. The number of thioether (sulfide) groups is 1. The third-order valence-corrected chi connectivity index (χ3v) is 6.44. The van der Waals surface area contributed by atoms with Crippen molar-refractivity contribution in [3.05, 3.63) is 46.6 Å². The average Bonchev–Trinajstić information content (AvgIpc) is 2.99. The molecule has 4 rings (SSSR count). The predicted molar refractivity (Wildman–Crippen MR) is 97.2 cm³/mol. The standard InChI is InChI=1S/C18H16N2O2S2/c21-12-7-5-11(6-8-12)14(22)9-23-17-16-13-3-1-2-4-15(13)24-18(16)20-10-19-17/h5-8,10,21H,1-4,9H2. The van der Waals surface area contributed by atoms with E-state index in [2.05, 4.69) is 9.97 Å². The largest absolute Gasteiger partial charge is 0.508 e. The van der Waals surface area contributed by atoms with E-state index in [1.807, 2.05) is 0 Å². The number of benzene rings is 1. The zero-order valence-corrected chi connectivity index (χ0v) is 14.6. The number of aromatic nitrogens is 2. The van der Waals surface area contributed by atoms with Crippen LogP contribution in [0.2, 0.25) is 0 Å². The zero-order chi connectivity index (χ0) is 16.5. The van der Waals surface area contributed by atoms with Gasteiger partial charge in [-0.15, -0.1) is 11.3 Å². The topological polar surface area (TPSA) is 63.1 Å². The van der Waals surface area contributed by atoms with E-state index in [-0.39, 0.29) is 11.5 Å². The molecule has 24 heavy (non-hydrogen) atoms. The van der Waals surface area contributed by atoms with Crippen LogP contribution >= 0.6 is 23.1 Å². The minimum Gasteiger partial charge on any atom is -0.508 e. The summed E-state index contributed by atoms with van der Waals surface area (Å²) in [5.74, 6) is 0.541. The summed E-state index contributed by atoms with van der Waals surface area (Å²) >= 11 is 3.25. The van der Waals surface area contributed by atoms with Crippen LogP contribution in [0.3, 0.4) is 0 Å². The van der Waals surface area contributed by atoms with Crippen LogP contribution in [0.4, 0.5) is 0 Å². The summed E-state index contributed by atoms with van der Waals surface area (Å²) in [6.45, 7) is 0. The van der Waals surface area contributed by atoms with E-state index in [4.69, 9.17) is 0 Å². The molecule has 1 aliphatic rings. The molecule has 0 unspecified atom stereocenters. The number of phenolic OH excluding ortho intramolecular Hbond substituents is 1. The highest BCUT2D eigenvalue weighted by atomic mass is 32.2. The van der Waals surface area contributed by atoms with Gasteiger partial charge in [0.25, 0.3) is 0 Å². The fourth-order valence-electron chi connectivity index (χ4n) is 3.04. The number of hydrogen-bond acceptors (Lipinski definition) is 6. The lowest BCUT2D eigenvalue weighted by molar-refractivity contribution is 0.102. The Labute approximate surface area is 148 Å². The van der Waals surface area contributed by atoms with E-state index in [0.29, 0.717) is 11.3 Å². The Kier molecular flexibility index (Phi) is 4.24. The molecule has 122 valence electrons. The molecule has 0 bridgehead atoms. The fourth-order valence-corrected chi connectivity index (χ4v) is 5.25. The van der Waals surface area contributed by atoms with Crippen LogP contribution in [0, 0.1) is 0 Å². The lowest BCUT2D eigenvalue weighted by Crippen LogP contribution is -2.03. The van der Waals surface area contributed by atoms with Crippen molar-refractivity contribution in [2.45, 2.75) is 30.7 Å². The number of nitrogens with zero attached hydrogens (tertiary/aromatic N) is 2. The van der Waals surface area contributed by atoms with Crippen molar-refractivity contribution in [1.29, 1.82) is 0 Å². The van der Waals surface area contributed by atoms with Gasteiger partial charge in [0.1, 0.15) is 21.9 Å². The van der Waals surface area contributed by atoms with E-state index in [9.17, 15) is 9.90 Å². The van der Waals surface area contributed by atoms with Gasteiger partial charge < -0.3 is 5.11 Å². The molecule has 0 aliphatic heterocycles. The maximum absolute atomic E-state index is 12.3. The van der Waals surface area contributed by atoms with Gasteiger partial charge in [-0.1, -0.05) is 11.8 Å². The Morgan fingerprint density at radius 3 is 2.79 bits per heavy atom. The zero-order valence-electron chi connectivity index (χ0n) is 13.0. The van der Waals surface area contributed by atoms with Gasteiger partial charge in [0, 0.05) is 15.8 Å². The number of rotatable bonds is 4.